The molecule has 184 valence electrons. The molecule has 9 nitrogen and oxygen atoms in total. The molecule has 0 aliphatic carbocycles. The molecule has 0 atom stereocenters. The van der Waals surface area contributed by atoms with E-state index in [1.807, 2.05) is 23.1 Å². The Labute approximate surface area is 196 Å². The van der Waals surface area contributed by atoms with E-state index in [1.165, 1.54) is 0 Å². The molecule has 1 fully saturated rings. The number of carbonyl (C=O) groups excluding carboxylic acids is 3. The highest BCUT2D eigenvalue weighted by Crippen LogP contribution is 2.28. The number of hydrogen-bond acceptors (Lipinski definition) is 6. The van der Waals surface area contributed by atoms with Gasteiger partial charge in [-0.1, -0.05) is 6.07 Å². The van der Waals surface area contributed by atoms with Crippen LogP contribution in [0.5, 0.6) is 11.5 Å². The highest BCUT2D eigenvalue weighted by atomic mass is 16.6. The van der Waals surface area contributed by atoms with Crippen LogP contribution in [0.15, 0.2) is 18.2 Å². The molecule has 9 heteroatoms. The predicted molar refractivity (Wildman–Crippen MR) is 124 cm³/mol. The van der Waals surface area contributed by atoms with Crippen LogP contribution in [-0.2, 0) is 20.7 Å². The number of aryl methyl sites for hydroxylation is 1. The molecule has 0 aromatic heterocycles. The van der Waals surface area contributed by atoms with Crippen molar-refractivity contribution >= 4 is 17.9 Å². The van der Waals surface area contributed by atoms with Crippen molar-refractivity contribution in [3.8, 4) is 11.5 Å². The number of methoxy groups -OCH3 is 2. The number of piperidine rings is 1. The number of ether oxygens (including phenoxy) is 3. The van der Waals surface area contributed by atoms with Gasteiger partial charge in [0.15, 0.2) is 11.5 Å². The van der Waals surface area contributed by atoms with Gasteiger partial charge in [0.05, 0.1) is 20.8 Å². The SMILES string of the molecule is COc1ccc(CCC(=O)N2CCC(CNC(=O)CNC(=O)OC(C)(C)C)CC2)cc1OC. The number of likely N-dealkylation sites (tertiary alicyclic amines) is 1. The van der Waals surface area contributed by atoms with E-state index in [1.54, 1.807) is 35.0 Å². The number of benzene rings is 1. The van der Waals surface area contributed by atoms with Crippen LogP contribution in [0.4, 0.5) is 4.79 Å². The summed E-state index contributed by atoms with van der Waals surface area (Å²) in [5.41, 5.74) is 0.423. The van der Waals surface area contributed by atoms with E-state index in [0.717, 1.165) is 18.4 Å². The fourth-order valence-corrected chi connectivity index (χ4v) is 3.62. The highest BCUT2D eigenvalue weighted by molar-refractivity contribution is 5.82. The molecule has 1 saturated heterocycles. The van der Waals surface area contributed by atoms with Gasteiger partial charge in [0.2, 0.25) is 11.8 Å². The molecule has 1 aromatic carbocycles. The summed E-state index contributed by atoms with van der Waals surface area (Å²) in [5.74, 6) is 1.52. The van der Waals surface area contributed by atoms with Crippen LogP contribution in [-0.4, -0.2) is 68.8 Å². The topological polar surface area (TPSA) is 106 Å². The van der Waals surface area contributed by atoms with Crippen LogP contribution in [0.1, 0.15) is 45.6 Å². The molecule has 0 saturated carbocycles. The van der Waals surface area contributed by atoms with Crippen LogP contribution in [0.25, 0.3) is 0 Å². The van der Waals surface area contributed by atoms with E-state index < -0.39 is 11.7 Å². The lowest BCUT2D eigenvalue weighted by Crippen LogP contribution is -2.44. The van der Waals surface area contributed by atoms with E-state index in [2.05, 4.69) is 10.6 Å². The molecule has 0 bridgehead atoms. The van der Waals surface area contributed by atoms with Gasteiger partial charge < -0.3 is 29.7 Å². The average molecular weight is 464 g/mol. The molecule has 1 aromatic rings. The molecule has 0 unspecified atom stereocenters. The normalized spacial score (nSPS) is 14.4. The van der Waals surface area contributed by atoms with Gasteiger partial charge in [-0.2, -0.15) is 0 Å². The molecule has 33 heavy (non-hydrogen) atoms. The Morgan fingerprint density at radius 1 is 1.03 bits per heavy atom. The van der Waals surface area contributed by atoms with Gasteiger partial charge in [-0.3, -0.25) is 9.59 Å². The number of nitrogens with one attached hydrogen (secondary N) is 2. The van der Waals surface area contributed by atoms with Crippen molar-refractivity contribution in [3.05, 3.63) is 23.8 Å². The maximum absolute atomic E-state index is 12.6. The van der Waals surface area contributed by atoms with Crippen molar-refractivity contribution in [2.75, 3.05) is 40.4 Å². The van der Waals surface area contributed by atoms with E-state index in [0.29, 0.717) is 49.9 Å². The van der Waals surface area contributed by atoms with E-state index in [9.17, 15) is 14.4 Å². The Bertz CT molecular complexity index is 813. The zero-order chi connectivity index (χ0) is 24.4. The van der Waals surface area contributed by atoms with Gasteiger partial charge in [0, 0.05) is 26.1 Å². The second kappa shape index (κ2) is 12.3. The first-order valence-corrected chi connectivity index (χ1v) is 11.3. The number of nitrogens with zero attached hydrogens (tertiary/aromatic N) is 1. The van der Waals surface area contributed by atoms with Gasteiger partial charge in [0.25, 0.3) is 0 Å². The minimum atomic E-state index is -0.613. The van der Waals surface area contributed by atoms with Crippen LogP contribution in [0, 0.1) is 5.92 Å². The van der Waals surface area contributed by atoms with Gasteiger partial charge in [-0.15, -0.1) is 0 Å². The lowest BCUT2D eigenvalue weighted by molar-refractivity contribution is -0.132. The first-order valence-electron chi connectivity index (χ1n) is 11.3. The Balaban J connectivity index is 1.66. The van der Waals surface area contributed by atoms with Crippen LogP contribution in [0.3, 0.4) is 0 Å². The minimum absolute atomic E-state index is 0.123. The van der Waals surface area contributed by atoms with Crippen LogP contribution < -0.4 is 20.1 Å². The fourth-order valence-electron chi connectivity index (χ4n) is 3.62. The summed E-state index contributed by atoms with van der Waals surface area (Å²) < 4.78 is 15.7. The van der Waals surface area contributed by atoms with Crippen LogP contribution >= 0.6 is 0 Å². The maximum atomic E-state index is 12.6. The number of carbonyl (C=O) groups is 3. The smallest absolute Gasteiger partial charge is 0.408 e. The second-order valence-corrected chi connectivity index (χ2v) is 9.17. The minimum Gasteiger partial charge on any atom is -0.493 e. The van der Waals surface area contributed by atoms with E-state index >= 15 is 0 Å². The number of hydrogen-bond donors (Lipinski definition) is 2. The summed E-state index contributed by atoms with van der Waals surface area (Å²) in [7, 11) is 3.19. The van der Waals surface area contributed by atoms with Gasteiger partial charge in [-0.25, -0.2) is 4.79 Å². The molecule has 0 spiro atoms. The maximum Gasteiger partial charge on any atom is 0.408 e. The largest absolute Gasteiger partial charge is 0.493 e. The van der Waals surface area contributed by atoms with Crippen molar-refractivity contribution in [3.63, 3.8) is 0 Å². The van der Waals surface area contributed by atoms with Crippen molar-refractivity contribution in [1.29, 1.82) is 0 Å². The molecule has 1 aliphatic heterocycles. The first kappa shape index (κ1) is 26.3. The van der Waals surface area contributed by atoms with Crippen LogP contribution in [0.2, 0.25) is 0 Å². The van der Waals surface area contributed by atoms with E-state index in [4.69, 9.17) is 14.2 Å². The van der Waals surface area contributed by atoms with Crippen molar-refractivity contribution < 1.29 is 28.6 Å². The standard InChI is InChI=1S/C24H37N3O6/c1-24(2,3)33-23(30)26-16-21(28)25-15-18-10-12-27(13-11-18)22(29)9-7-17-6-8-19(31-4)20(14-17)32-5/h6,8,14,18H,7,9-13,15-16H2,1-5H3,(H,25,28)(H,26,30). The summed E-state index contributed by atoms with van der Waals surface area (Å²) in [6.45, 7) is 7.06. The molecule has 2 N–H and O–H groups in total. The van der Waals surface area contributed by atoms with Gasteiger partial charge in [0.1, 0.15) is 5.60 Å². The lowest BCUT2D eigenvalue weighted by Gasteiger charge is -2.32. The van der Waals surface area contributed by atoms with Gasteiger partial charge in [-0.05, 0) is 63.6 Å². The Kier molecular flexibility index (Phi) is 9.81. The molecule has 1 aliphatic rings. The summed E-state index contributed by atoms with van der Waals surface area (Å²) in [5, 5.41) is 5.30. The summed E-state index contributed by atoms with van der Waals surface area (Å²) in [4.78, 5) is 38.1. The predicted octanol–water partition coefficient (Wildman–Crippen LogP) is 2.52. The Morgan fingerprint density at radius 2 is 1.70 bits per heavy atom. The van der Waals surface area contributed by atoms with Crippen molar-refractivity contribution in [2.24, 2.45) is 5.92 Å². The third-order valence-corrected chi connectivity index (χ3v) is 5.42. The quantitative estimate of drug-likeness (QED) is 0.583. The molecule has 0 radical (unpaired) electrons. The number of alkyl carbamates (subject to hydrolysis) is 1. The Morgan fingerprint density at radius 3 is 2.30 bits per heavy atom. The Hall–Kier alpha value is -2.97. The zero-order valence-electron chi connectivity index (χ0n) is 20.4. The monoisotopic (exact) mass is 463 g/mol. The zero-order valence-corrected chi connectivity index (χ0v) is 20.4. The molecule has 1 heterocycles. The molecule has 3 amide bonds. The summed E-state index contributed by atoms with van der Waals surface area (Å²) in [6, 6.07) is 5.70. The number of amides is 3. The number of rotatable bonds is 9. The highest BCUT2D eigenvalue weighted by Gasteiger charge is 2.23. The van der Waals surface area contributed by atoms with E-state index in [-0.39, 0.29) is 18.4 Å². The molecular formula is C24H37N3O6. The summed E-state index contributed by atoms with van der Waals surface area (Å²) >= 11 is 0. The molecular weight excluding hydrogens is 426 g/mol. The van der Waals surface area contributed by atoms with Crippen molar-refractivity contribution in [2.45, 2.75) is 52.1 Å². The van der Waals surface area contributed by atoms with Crippen molar-refractivity contribution in [1.82, 2.24) is 15.5 Å². The third kappa shape index (κ3) is 9.19. The first-order chi connectivity index (χ1) is 15.6. The average Bonchev–Trinajstić information content (AvgIpc) is 2.78. The second-order valence-electron chi connectivity index (χ2n) is 9.17. The van der Waals surface area contributed by atoms with Gasteiger partial charge >= 0.3 is 6.09 Å². The molecule has 2 rings (SSSR count). The fraction of sp³-hybridized carbons (Fsp3) is 0.625. The lowest BCUT2D eigenvalue weighted by atomic mass is 9.96. The third-order valence-electron chi connectivity index (χ3n) is 5.42. The summed E-state index contributed by atoms with van der Waals surface area (Å²) in [6.07, 6.45) is 2.13.